The molecule has 84 heavy (non-hydrogen) atoms. The summed E-state index contributed by atoms with van der Waals surface area (Å²) < 4.78 is 79.9. The van der Waals surface area contributed by atoms with Gasteiger partial charge in [-0.05, 0) is 98.3 Å². The van der Waals surface area contributed by atoms with E-state index in [0.717, 1.165) is 52.4 Å². The number of allylic oxidation sites excluding steroid dienone is 8. The quantitative estimate of drug-likeness (QED) is 0.0269. The monoisotopic (exact) mass is 1250 g/mol. The maximum Gasteiger partial charge on any atom is 0.276 e. The van der Waals surface area contributed by atoms with Gasteiger partial charge in [0.2, 0.25) is 11.8 Å². The lowest BCUT2D eigenvalue weighted by Crippen LogP contribution is -2.70. The molecule has 31 heteroatoms. The minimum atomic E-state index is -6.05. The second-order valence-electron chi connectivity index (χ2n) is 22.0. The molecule has 4 aliphatic heterocycles. The average molecular weight is 1250 g/mol. The smallest absolute Gasteiger partial charge is 0.276 e. The first-order chi connectivity index (χ1) is 39.5. The van der Waals surface area contributed by atoms with E-state index in [4.69, 9.17) is 42.2 Å². The summed E-state index contributed by atoms with van der Waals surface area (Å²) in [7, 11) is -11.7. The molecule has 0 bridgehead atoms. The number of carbonyl (C=O) groups excluding carboxylic acids is 2. The van der Waals surface area contributed by atoms with Gasteiger partial charge in [-0.15, -0.1) is 0 Å². The Morgan fingerprint density at radius 1 is 0.500 bits per heavy atom. The lowest BCUT2D eigenvalue weighted by atomic mass is 9.94. The van der Waals surface area contributed by atoms with Crippen molar-refractivity contribution >= 4 is 27.5 Å². The van der Waals surface area contributed by atoms with Gasteiger partial charge in [-0.1, -0.05) is 53.5 Å². The number of aliphatic hydroxyl groups excluding tert-OH is 11. The summed E-state index contributed by atoms with van der Waals surface area (Å²) in [6.45, 7) is 9.88. The zero-order valence-corrected chi connectivity index (χ0v) is 50.5. The van der Waals surface area contributed by atoms with E-state index in [1.807, 2.05) is 13.8 Å². The highest BCUT2D eigenvalue weighted by atomic mass is 31.3. The third kappa shape index (κ3) is 22.5. The van der Waals surface area contributed by atoms with Crippen molar-refractivity contribution in [1.82, 2.24) is 10.6 Å². The third-order valence-electron chi connectivity index (χ3n) is 14.6. The summed E-state index contributed by atoms with van der Waals surface area (Å²) in [5.41, 5.74) is 5.25. The highest BCUT2D eigenvalue weighted by Crippen LogP contribution is 2.57. The molecule has 4 heterocycles. The molecule has 29 nitrogen and oxygen atoms in total. The lowest BCUT2D eigenvalue weighted by Gasteiger charge is -2.50. The van der Waals surface area contributed by atoms with Crippen molar-refractivity contribution in [3.8, 4) is 0 Å². The van der Waals surface area contributed by atoms with Crippen molar-refractivity contribution in [2.45, 2.75) is 236 Å². The van der Waals surface area contributed by atoms with Gasteiger partial charge in [0.15, 0.2) is 25.2 Å². The number of phosphoric acid groups is 2. The second-order valence-corrected chi connectivity index (χ2v) is 24.9. The third-order valence-corrected chi connectivity index (χ3v) is 17.2. The molecule has 0 aromatic rings. The fourth-order valence-electron chi connectivity index (χ4n) is 9.83. The highest BCUT2D eigenvalue weighted by molar-refractivity contribution is 7.59. The van der Waals surface area contributed by atoms with Gasteiger partial charge in [0.1, 0.15) is 97.5 Å². The van der Waals surface area contributed by atoms with Crippen molar-refractivity contribution in [3.63, 3.8) is 0 Å². The van der Waals surface area contributed by atoms with Crippen molar-refractivity contribution < 1.29 is 131 Å². The van der Waals surface area contributed by atoms with Gasteiger partial charge < -0.3 is 114 Å². The van der Waals surface area contributed by atoms with Gasteiger partial charge in [-0.25, -0.2) is 4.31 Å². The molecule has 4 rings (SSSR count). The highest BCUT2D eigenvalue weighted by Gasteiger charge is 2.56. The molecular formula is C53H90N2O27P2-2. The number of amides is 2. The van der Waals surface area contributed by atoms with E-state index in [2.05, 4.69) is 66.9 Å². The predicted molar refractivity (Wildman–Crippen MR) is 290 cm³/mol. The summed E-state index contributed by atoms with van der Waals surface area (Å²) in [5, 5.41) is 122. The van der Waals surface area contributed by atoms with Gasteiger partial charge in [-0.2, -0.15) is 0 Å². The molecule has 0 radical (unpaired) electrons. The molecule has 4 unspecified atom stereocenters. The van der Waals surface area contributed by atoms with Gasteiger partial charge in [-0.3, -0.25) is 23.2 Å². The molecule has 0 aromatic carbocycles. The summed E-state index contributed by atoms with van der Waals surface area (Å²) in [4.78, 5) is 51.0. The normalized spacial score (nSPS) is 36.3. The van der Waals surface area contributed by atoms with Crippen LogP contribution < -0.4 is 20.4 Å². The minimum absolute atomic E-state index is 0.0559. The van der Waals surface area contributed by atoms with E-state index in [1.165, 1.54) is 22.3 Å². The zero-order valence-electron chi connectivity index (χ0n) is 48.7. The number of rotatable bonds is 32. The van der Waals surface area contributed by atoms with Crippen LogP contribution >= 0.6 is 15.6 Å². The van der Waals surface area contributed by atoms with Crippen LogP contribution in [0.2, 0.25) is 0 Å². The average Bonchev–Trinajstić information content (AvgIpc) is 1.37. The topological polar surface area (TPSA) is 453 Å². The van der Waals surface area contributed by atoms with Gasteiger partial charge >= 0.3 is 0 Å². The number of phosphoric ester groups is 2. The van der Waals surface area contributed by atoms with Crippen LogP contribution in [0.3, 0.4) is 0 Å². The molecule has 0 saturated carbocycles. The maximum absolute atomic E-state index is 13.2. The number of hydrogen-bond donors (Lipinski definition) is 13. The Morgan fingerprint density at radius 3 is 1.40 bits per heavy atom. The fraction of sp³-hybridized carbons (Fsp3) is 0.811. The van der Waals surface area contributed by atoms with Crippen LogP contribution in [-0.4, -0.2) is 224 Å². The SMILES string of the molecule is CC(=O)N[C@H]1[C@H](O[C@H]2[C@H](O)[C@@H](NC(C)=O)C(OP(=O)([O-])OP(=O)([O-])OCCC(C)CC/C=C(/C)CC/C=C(\C)CC/C=C(\C)CCC=C(C)C)O[C@@H]2CO)O[C@H](CO)[C@@H](O[C@@H]2O[C@H](CO)[C@@H](O)[C@H](O[C@H]3O[C@H](CO)[C@@H](O)[C@H](O)[C@@H]3O)[C@@H]2O)[C@@H]1O. The van der Waals surface area contributed by atoms with Crippen molar-refractivity contribution in [2.24, 2.45) is 5.92 Å². The second kappa shape index (κ2) is 35.0. The Balaban J connectivity index is 1.36. The molecular weight excluding hydrogens is 1160 g/mol. The Labute approximate surface area is 489 Å². The van der Waals surface area contributed by atoms with Crippen molar-refractivity contribution in [3.05, 3.63) is 46.6 Å². The van der Waals surface area contributed by atoms with Gasteiger partial charge in [0.05, 0.1) is 33.0 Å². The largest absolute Gasteiger partial charge is 0.756 e. The fourth-order valence-corrected chi connectivity index (χ4v) is 11.9. The molecule has 486 valence electrons. The Kier molecular flexibility index (Phi) is 30.8. The van der Waals surface area contributed by atoms with Crippen molar-refractivity contribution in [2.75, 3.05) is 33.0 Å². The first-order valence-electron chi connectivity index (χ1n) is 28.1. The molecule has 2 amide bonds. The van der Waals surface area contributed by atoms with Crippen molar-refractivity contribution in [1.29, 1.82) is 0 Å². The van der Waals surface area contributed by atoms with Gasteiger partial charge in [0.25, 0.3) is 15.6 Å². The van der Waals surface area contributed by atoms with Crippen LogP contribution in [0.5, 0.6) is 0 Å². The Hall–Kier alpha value is -2.56. The standard InChI is InChI=1S/C53H92N2O27P2/c1-27(2)13-9-14-28(3)15-10-16-29(4)17-11-18-30(5)19-12-20-31(6)21-22-73-83(69,70)82-84(71,72)81-51-39(55-33(8)61)43(65)47(37(26-59)77-51)78-50-38(54-32(7)60)42(64)48(36(25-58)76-50)79-53-46(68)49(41(63)35(24-57)75-53)80-52-45(67)44(66)40(62)34(23-56)74-52/h13,15,17,19,31,34-53,56-59,62-68H,9-12,14,16,18,20-26H2,1-8H3,(H,54,60)(H,55,61)(H,69,70)(H,71,72)/p-2/b28-15+,29-17+,30-19-/t31?,34-,35-,36-,37-,38-,39-,40-,41-,42-,43-,44+,45+,46+,47-,48-,49+,50+,51?,52-,53+/m1/s1. The van der Waals surface area contributed by atoms with Crippen LogP contribution in [-0.2, 0) is 65.2 Å². The summed E-state index contributed by atoms with van der Waals surface area (Å²) in [6.07, 6.45) is -18.3. The van der Waals surface area contributed by atoms with Gasteiger partial charge in [0, 0.05) is 13.8 Å². The number of hydrogen-bond acceptors (Lipinski definition) is 27. The van der Waals surface area contributed by atoms with E-state index < -0.39 is 183 Å². The Morgan fingerprint density at radius 2 is 0.917 bits per heavy atom. The Bertz CT molecular complexity index is 2270. The molecule has 13 N–H and O–H groups in total. The number of carbonyl (C=O) groups is 2. The number of aliphatic hydroxyl groups is 11. The molecule has 0 spiro atoms. The van der Waals surface area contributed by atoms with Crippen LogP contribution in [0.1, 0.15) is 113 Å². The molecule has 0 aromatic heterocycles. The van der Waals surface area contributed by atoms with E-state index in [1.54, 1.807) is 0 Å². The minimum Gasteiger partial charge on any atom is -0.756 e. The first-order valence-corrected chi connectivity index (χ1v) is 31.0. The summed E-state index contributed by atoms with van der Waals surface area (Å²) in [5.74, 6) is -1.84. The van der Waals surface area contributed by atoms with Crippen LogP contribution in [0.4, 0.5) is 0 Å². The number of nitrogens with one attached hydrogen (secondary N) is 2. The van der Waals surface area contributed by atoms with Crippen LogP contribution in [0.15, 0.2) is 46.6 Å². The summed E-state index contributed by atoms with van der Waals surface area (Å²) >= 11 is 0. The predicted octanol–water partition coefficient (Wildman–Crippen LogP) is -1.51. The molecule has 23 atom stereocenters. The van der Waals surface area contributed by atoms with E-state index >= 15 is 0 Å². The zero-order chi connectivity index (χ0) is 62.8. The summed E-state index contributed by atoms with van der Waals surface area (Å²) in [6, 6.07) is -3.77. The van der Waals surface area contributed by atoms with E-state index in [-0.39, 0.29) is 12.3 Å². The van der Waals surface area contributed by atoms with E-state index in [9.17, 15) is 84.7 Å². The number of ether oxygens (including phenoxy) is 7. The molecule has 4 aliphatic rings. The maximum atomic E-state index is 13.2. The van der Waals surface area contributed by atoms with Crippen LogP contribution in [0.25, 0.3) is 0 Å². The molecule has 4 saturated heterocycles. The van der Waals surface area contributed by atoms with Crippen LogP contribution in [0, 0.1) is 5.92 Å². The molecule has 4 fully saturated rings. The lowest BCUT2D eigenvalue weighted by molar-refractivity contribution is -0.380. The van der Waals surface area contributed by atoms with E-state index in [0.29, 0.717) is 12.8 Å². The molecule has 0 aliphatic carbocycles. The first kappa shape index (κ1) is 73.9.